The second kappa shape index (κ2) is 5.77. The molecule has 0 aliphatic rings. The van der Waals surface area contributed by atoms with Crippen molar-refractivity contribution in [1.82, 2.24) is 20.3 Å². The zero-order valence-corrected chi connectivity index (χ0v) is 13.0. The molecule has 0 radical (unpaired) electrons. The molecular weight excluding hydrogens is 288 g/mol. The molecule has 0 bridgehead atoms. The van der Waals surface area contributed by atoms with E-state index in [0.717, 1.165) is 27.6 Å². The maximum atomic E-state index is 5.32. The Morgan fingerprint density at radius 1 is 1.29 bits per heavy atom. The van der Waals surface area contributed by atoms with Crippen LogP contribution in [-0.4, -0.2) is 20.3 Å². The van der Waals surface area contributed by atoms with Crippen molar-refractivity contribution in [2.45, 2.75) is 33.6 Å². The van der Waals surface area contributed by atoms with Gasteiger partial charge in [-0.05, 0) is 12.8 Å². The summed E-state index contributed by atoms with van der Waals surface area (Å²) in [6.07, 6.45) is 4.92. The van der Waals surface area contributed by atoms with Crippen LogP contribution in [0, 0.1) is 12.8 Å². The molecule has 0 amide bonds. The van der Waals surface area contributed by atoms with Gasteiger partial charge in [-0.25, -0.2) is 4.98 Å². The van der Waals surface area contributed by atoms with E-state index >= 15 is 0 Å². The molecule has 21 heavy (non-hydrogen) atoms. The SMILES string of the molecule is Cc1nocc1Cc1noc(-c2cnc(CC(C)C)s2)n1. The summed E-state index contributed by atoms with van der Waals surface area (Å²) in [6.45, 7) is 6.24. The van der Waals surface area contributed by atoms with E-state index < -0.39 is 0 Å². The fraction of sp³-hybridized carbons (Fsp3) is 0.429. The number of hydrogen-bond donors (Lipinski definition) is 0. The van der Waals surface area contributed by atoms with Gasteiger partial charge in [0.25, 0.3) is 5.89 Å². The molecule has 3 rings (SSSR count). The third kappa shape index (κ3) is 3.18. The summed E-state index contributed by atoms with van der Waals surface area (Å²) in [5.41, 5.74) is 1.81. The van der Waals surface area contributed by atoms with Crippen molar-refractivity contribution < 1.29 is 9.05 Å². The molecule has 0 N–H and O–H groups in total. The summed E-state index contributed by atoms with van der Waals surface area (Å²) in [4.78, 5) is 9.72. The molecule has 0 aliphatic heterocycles. The van der Waals surface area contributed by atoms with E-state index in [2.05, 4.69) is 34.1 Å². The lowest BCUT2D eigenvalue weighted by atomic mass is 10.1. The van der Waals surface area contributed by atoms with Gasteiger partial charge in [0.1, 0.15) is 11.1 Å². The second-order valence-electron chi connectivity index (χ2n) is 5.33. The van der Waals surface area contributed by atoms with E-state index in [9.17, 15) is 0 Å². The number of aromatic nitrogens is 4. The van der Waals surface area contributed by atoms with Crippen LogP contribution in [0.15, 0.2) is 21.5 Å². The molecule has 110 valence electrons. The lowest BCUT2D eigenvalue weighted by Gasteiger charge is -1.97. The van der Waals surface area contributed by atoms with Crippen molar-refractivity contribution in [1.29, 1.82) is 0 Å². The molecule has 0 fully saturated rings. The molecule has 3 heterocycles. The Morgan fingerprint density at radius 3 is 2.86 bits per heavy atom. The Balaban J connectivity index is 1.75. The van der Waals surface area contributed by atoms with Gasteiger partial charge in [0, 0.05) is 18.4 Å². The number of nitrogens with zero attached hydrogens (tertiary/aromatic N) is 4. The fourth-order valence-electron chi connectivity index (χ4n) is 1.93. The normalized spacial score (nSPS) is 11.4. The average Bonchev–Trinajstić information content (AvgIpc) is 3.12. The minimum absolute atomic E-state index is 0.520. The van der Waals surface area contributed by atoms with Gasteiger partial charge in [-0.15, -0.1) is 11.3 Å². The van der Waals surface area contributed by atoms with E-state index in [1.165, 1.54) is 0 Å². The van der Waals surface area contributed by atoms with Gasteiger partial charge in [-0.2, -0.15) is 4.98 Å². The number of thiazole rings is 1. The minimum atomic E-state index is 0.520. The molecule has 6 nitrogen and oxygen atoms in total. The number of aryl methyl sites for hydroxylation is 1. The van der Waals surface area contributed by atoms with Crippen molar-refractivity contribution in [3.63, 3.8) is 0 Å². The molecule has 0 aromatic carbocycles. The van der Waals surface area contributed by atoms with E-state index in [4.69, 9.17) is 9.05 Å². The maximum absolute atomic E-state index is 5.32. The van der Waals surface area contributed by atoms with Gasteiger partial charge in [0.2, 0.25) is 0 Å². The van der Waals surface area contributed by atoms with Gasteiger partial charge in [-0.3, -0.25) is 0 Å². The molecule has 0 spiro atoms. The first-order chi connectivity index (χ1) is 10.1. The molecule has 3 aromatic rings. The molecule has 0 unspecified atom stereocenters. The predicted octanol–water partition coefficient (Wildman–Crippen LogP) is 3.28. The monoisotopic (exact) mass is 304 g/mol. The number of rotatable bonds is 5. The van der Waals surface area contributed by atoms with Crippen LogP contribution < -0.4 is 0 Å². The zero-order chi connectivity index (χ0) is 14.8. The largest absolute Gasteiger partial charge is 0.364 e. The highest BCUT2D eigenvalue weighted by molar-refractivity contribution is 7.15. The fourth-order valence-corrected chi connectivity index (χ4v) is 2.98. The zero-order valence-electron chi connectivity index (χ0n) is 12.2. The van der Waals surface area contributed by atoms with E-state index in [1.807, 2.05) is 6.92 Å². The van der Waals surface area contributed by atoms with Crippen molar-refractivity contribution in [3.05, 3.63) is 34.5 Å². The first-order valence-corrected chi connectivity index (χ1v) is 7.61. The number of hydrogen-bond acceptors (Lipinski definition) is 7. The Hall–Kier alpha value is -2.02. The van der Waals surface area contributed by atoms with Crippen LogP contribution in [-0.2, 0) is 12.8 Å². The summed E-state index contributed by atoms with van der Waals surface area (Å²) in [6, 6.07) is 0. The third-order valence-corrected chi connectivity index (χ3v) is 4.02. The van der Waals surface area contributed by atoms with Gasteiger partial charge in [0.15, 0.2) is 5.82 Å². The van der Waals surface area contributed by atoms with Crippen LogP contribution in [0.5, 0.6) is 0 Å². The summed E-state index contributed by atoms with van der Waals surface area (Å²) in [5, 5.41) is 8.93. The highest BCUT2D eigenvalue weighted by Gasteiger charge is 2.14. The molecule has 0 aliphatic carbocycles. The van der Waals surface area contributed by atoms with Crippen LogP contribution in [0.3, 0.4) is 0 Å². The quantitative estimate of drug-likeness (QED) is 0.720. The molecular formula is C14H16N4O2S. The summed E-state index contributed by atoms with van der Waals surface area (Å²) in [5.74, 6) is 1.72. The first-order valence-electron chi connectivity index (χ1n) is 6.79. The van der Waals surface area contributed by atoms with E-state index in [1.54, 1.807) is 23.8 Å². The van der Waals surface area contributed by atoms with Crippen molar-refractivity contribution in [2.24, 2.45) is 5.92 Å². The van der Waals surface area contributed by atoms with E-state index in [0.29, 0.717) is 24.1 Å². The predicted molar refractivity (Wildman–Crippen MR) is 78.0 cm³/mol. The van der Waals surface area contributed by atoms with Gasteiger partial charge in [-0.1, -0.05) is 24.2 Å². The third-order valence-electron chi connectivity index (χ3n) is 3.01. The first kappa shape index (κ1) is 13.9. The second-order valence-corrected chi connectivity index (χ2v) is 6.45. The standard InChI is InChI=1S/C14H16N4O2S/c1-8(2)4-13-15-6-11(21-13)14-16-12(18-20-14)5-10-7-19-17-9(10)3/h6-8H,4-5H2,1-3H3. The highest BCUT2D eigenvalue weighted by atomic mass is 32.1. The van der Waals surface area contributed by atoms with Crippen molar-refractivity contribution in [3.8, 4) is 10.8 Å². The van der Waals surface area contributed by atoms with Crippen LogP contribution >= 0.6 is 11.3 Å². The summed E-state index contributed by atoms with van der Waals surface area (Å²) < 4.78 is 10.2. The van der Waals surface area contributed by atoms with Crippen LogP contribution in [0.2, 0.25) is 0 Å². The van der Waals surface area contributed by atoms with Crippen LogP contribution in [0.1, 0.15) is 35.9 Å². The highest BCUT2D eigenvalue weighted by Crippen LogP contribution is 2.26. The Morgan fingerprint density at radius 2 is 2.14 bits per heavy atom. The summed E-state index contributed by atoms with van der Waals surface area (Å²) >= 11 is 1.60. The maximum Gasteiger partial charge on any atom is 0.269 e. The summed E-state index contributed by atoms with van der Waals surface area (Å²) in [7, 11) is 0. The Bertz CT molecular complexity index is 729. The molecule has 0 atom stereocenters. The molecule has 3 aromatic heterocycles. The lowest BCUT2D eigenvalue weighted by Crippen LogP contribution is -1.91. The molecule has 0 saturated carbocycles. The van der Waals surface area contributed by atoms with Gasteiger partial charge < -0.3 is 9.05 Å². The van der Waals surface area contributed by atoms with E-state index in [-0.39, 0.29) is 0 Å². The van der Waals surface area contributed by atoms with Gasteiger partial charge in [0.05, 0.1) is 16.9 Å². The van der Waals surface area contributed by atoms with Crippen LogP contribution in [0.4, 0.5) is 0 Å². The smallest absolute Gasteiger partial charge is 0.269 e. The minimum Gasteiger partial charge on any atom is -0.364 e. The van der Waals surface area contributed by atoms with Crippen molar-refractivity contribution >= 4 is 11.3 Å². The van der Waals surface area contributed by atoms with Crippen molar-refractivity contribution in [2.75, 3.05) is 0 Å². The topological polar surface area (TPSA) is 77.8 Å². The Kier molecular flexibility index (Phi) is 3.83. The molecule has 0 saturated heterocycles. The average molecular weight is 304 g/mol. The molecule has 7 heteroatoms. The van der Waals surface area contributed by atoms with Gasteiger partial charge >= 0.3 is 0 Å². The Labute approximate surface area is 126 Å². The van der Waals surface area contributed by atoms with Crippen LogP contribution in [0.25, 0.3) is 10.8 Å². The lowest BCUT2D eigenvalue weighted by molar-refractivity contribution is 0.414.